The highest BCUT2D eigenvalue weighted by atomic mass is 32.2. The molecule has 0 spiro atoms. The van der Waals surface area contributed by atoms with Crippen LogP contribution in [-0.4, -0.2) is 32.1 Å². The molecule has 2 unspecified atom stereocenters. The maximum Gasteiger partial charge on any atom is 0.155 e. The summed E-state index contributed by atoms with van der Waals surface area (Å²) in [5, 5.41) is 0. The van der Waals surface area contributed by atoms with Gasteiger partial charge in [0.25, 0.3) is 0 Å². The molecule has 4 heteroatoms. The van der Waals surface area contributed by atoms with Gasteiger partial charge < -0.3 is 4.74 Å². The van der Waals surface area contributed by atoms with Crippen molar-refractivity contribution in [3.8, 4) is 0 Å². The van der Waals surface area contributed by atoms with Crippen LogP contribution in [0.25, 0.3) is 0 Å². The Morgan fingerprint density at radius 2 is 1.58 bits per heavy atom. The smallest absolute Gasteiger partial charge is 0.155 e. The van der Waals surface area contributed by atoms with Crippen LogP contribution < -0.4 is 0 Å². The molecule has 72 valence electrons. The maximum atomic E-state index is 11.3. The first-order valence-electron chi connectivity index (χ1n) is 4.43. The Labute approximate surface area is 74.0 Å². The van der Waals surface area contributed by atoms with E-state index in [4.69, 9.17) is 4.74 Å². The van der Waals surface area contributed by atoms with Gasteiger partial charge in [-0.1, -0.05) is 13.8 Å². The molecule has 1 aliphatic rings. The maximum absolute atomic E-state index is 11.3. The standard InChI is InChI=1S/C8H16O3S/c1-3-7-5-12(9,10)6-8(4-2)11-7/h7-8H,3-6H2,1-2H3. The summed E-state index contributed by atoms with van der Waals surface area (Å²) in [4.78, 5) is 0. The Morgan fingerprint density at radius 1 is 1.17 bits per heavy atom. The lowest BCUT2D eigenvalue weighted by atomic mass is 10.2. The van der Waals surface area contributed by atoms with Gasteiger partial charge in [0.1, 0.15) is 0 Å². The molecule has 0 bridgehead atoms. The van der Waals surface area contributed by atoms with Crippen molar-refractivity contribution in [3.05, 3.63) is 0 Å². The second-order valence-corrected chi connectivity index (χ2v) is 5.43. The summed E-state index contributed by atoms with van der Waals surface area (Å²) in [6, 6.07) is 0. The van der Waals surface area contributed by atoms with Crippen molar-refractivity contribution in [1.29, 1.82) is 0 Å². The molecule has 0 radical (unpaired) electrons. The van der Waals surface area contributed by atoms with Gasteiger partial charge in [0, 0.05) is 0 Å². The topological polar surface area (TPSA) is 43.4 Å². The van der Waals surface area contributed by atoms with Crippen LogP contribution in [0.15, 0.2) is 0 Å². The van der Waals surface area contributed by atoms with Crippen molar-refractivity contribution < 1.29 is 13.2 Å². The molecular weight excluding hydrogens is 176 g/mol. The highest BCUT2D eigenvalue weighted by Gasteiger charge is 2.30. The van der Waals surface area contributed by atoms with Crippen LogP contribution >= 0.6 is 0 Å². The Morgan fingerprint density at radius 3 is 1.92 bits per heavy atom. The molecule has 1 fully saturated rings. The molecule has 0 saturated carbocycles. The summed E-state index contributed by atoms with van der Waals surface area (Å²) < 4.78 is 28.2. The Hall–Kier alpha value is -0.0900. The number of hydrogen-bond acceptors (Lipinski definition) is 3. The van der Waals surface area contributed by atoms with Crippen molar-refractivity contribution >= 4 is 9.84 Å². The highest BCUT2D eigenvalue weighted by Crippen LogP contribution is 2.17. The molecule has 2 atom stereocenters. The SMILES string of the molecule is CCC1CS(=O)(=O)CC(CC)O1. The fraction of sp³-hybridized carbons (Fsp3) is 1.00. The van der Waals surface area contributed by atoms with E-state index in [1.54, 1.807) is 0 Å². The van der Waals surface area contributed by atoms with Gasteiger partial charge in [0.15, 0.2) is 9.84 Å². The molecular formula is C8H16O3S. The first-order chi connectivity index (χ1) is 5.57. The van der Waals surface area contributed by atoms with Gasteiger partial charge in [-0.15, -0.1) is 0 Å². The zero-order valence-electron chi connectivity index (χ0n) is 7.62. The average molecular weight is 192 g/mol. The molecule has 3 nitrogen and oxygen atoms in total. The summed E-state index contributed by atoms with van der Waals surface area (Å²) in [5.74, 6) is 0.417. The monoisotopic (exact) mass is 192 g/mol. The average Bonchev–Trinajstić information content (AvgIpc) is 2.01. The first-order valence-corrected chi connectivity index (χ1v) is 6.25. The predicted octanol–water partition coefficient (Wildman–Crippen LogP) is 0.989. The minimum absolute atomic E-state index is 0.0753. The Bertz CT molecular complexity index is 215. The van der Waals surface area contributed by atoms with Gasteiger partial charge >= 0.3 is 0 Å². The summed E-state index contributed by atoms with van der Waals surface area (Å²) in [5.41, 5.74) is 0. The van der Waals surface area contributed by atoms with Gasteiger partial charge in [0.2, 0.25) is 0 Å². The number of rotatable bonds is 2. The lowest BCUT2D eigenvalue weighted by Crippen LogP contribution is -2.40. The fourth-order valence-electron chi connectivity index (χ4n) is 1.41. The number of hydrogen-bond donors (Lipinski definition) is 0. The zero-order chi connectivity index (χ0) is 9.19. The van der Waals surface area contributed by atoms with Crippen molar-refractivity contribution in [3.63, 3.8) is 0 Å². The predicted molar refractivity (Wildman–Crippen MR) is 47.9 cm³/mol. The van der Waals surface area contributed by atoms with Crippen LogP contribution in [0.5, 0.6) is 0 Å². The van der Waals surface area contributed by atoms with Crippen LogP contribution in [0.2, 0.25) is 0 Å². The first kappa shape index (κ1) is 9.99. The second-order valence-electron chi connectivity index (χ2n) is 3.27. The minimum Gasteiger partial charge on any atom is -0.373 e. The van der Waals surface area contributed by atoms with Gasteiger partial charge in [-0.2, -0.15) is 0 Å². The third kappa shape index (κ3) is 2.45. The molecule has 0 aromatic carbocycles. The molecule has 0 amide bonds. The van der Waals surface area contributed by atoms with E-state index in [-0.39, 0.29) is 23.7 Å². The summed E-state index contributed by atoms with van der Waals surface area (Å²) in [6.07, 6.45) is 1.42. The summed E-state index contributed by atoms with van der Waals surface area (Å²) in [7, 11) is -2.83. The lowest BCUT2D eigenvalue weighted by molar-refractivity contribution is 0.00104. The number of sulfone groups is 1. The quantitative estimate of drug-likeness (QED) is 0.655. The molecule has 0 N–H and O–H groups in total. The Balaban J connectivity index is 2.66. The van der Waals surface area contributed by atoms with E-state index >= 15 is 0 Å². The van der Waals surface area contributed by atoms with E-state index in [9.17, 15) is 8.42 Å². The van der Waals surface area contributed by atoms with Crippen molar-refractivity contribution in [2.75, 3.05) is 11.5 Å². The summed E-state index contributed by atoms with van der Waals surface area (Å²) in [6.45, 7) is 3.91. The zero-order valence-corrected chi connectivity index (χ0v) is 8.43. The van der Waals surface area contributed by atoms with Gasteiger partial charge in [0.05, 0.1) is 23.7 Å². The highest BCUT2D eigenvalue weighted by molar-refractivity contribution is 7.91. The molecule has 1 rings (SSSR count). The van der Waals surface area contributed by atoms with E-state index in [2.05, 4.69) is 0 Å². The second kappa shape index (κ2) is 3.75. The van der Waals surface area contributed by atoms with Gasteiger partial charge in [-0.05, 0) is 12.8 Å². The largest absolute Gasteiger partial charge is 0.373 e. The molecule has 0 aromatic rings. The molecule has 1 saturated heterocycles. The molecule has 0 aliphatic carbocycles. The van der Waals surface area contributed by atoms with Crippen LogP contribution in [-0.2, 0) is 14.6 Å². The molecule has 12 heavy (non-hydrogen) atoms. The molecule has 1 aliphatic heterocycles. The van der Waals surface area contributed by atoms with Crippen LogP contribution in [0.3, 0.4) is 0 Å². The third-order valence-corrected chi connectivity index (χ3v) is 3.93. The number of ether oxygens (including phenoxy) is 1. The minimum atomic E-state index is -2.83. The van der Waals surface area contributed by atoms with Crippen LogP contribution in [0.4, 0.5) is 0 Å². The third-order valence-electron chi connectivity index (χ3n) is 2.18. The summed E-state index contributed by atoms with van der Waals surface area (Å²) >= 11 is 0. The van der Waals surface area contributed by atoms with Crippen LogP contribution in [0, 0.1) is 0 Å². The van der Waals surface area contributed by atoms with E-state index in [1.165, 1.54) is 0 Å². The van der Waals surface area contributed by atoms with Crippen molar-refractivity contribution in [1.82, 2.24) is 0 Å². The van der Waals surface area contributed by atoms with Gasteiger partial charge in [-0.3, -0.25) is 0 Å². The van der Waals surface area contributed by atoms with E-state index in [1.807, 2.05) is 13.8 Å². The van der Waals surface area contributed by atoms with Crippen molar-refractivity contribution in [2.45, 2.75) is 38.9 Å². The van der Waals surface area contributed by atoms with E-state index in [0.29, 0.717) is 0 Å². The van der Waals surface area contributed by atoms with Gasteiger partial charge in [-0.25, -0.2) is 8.42 Å². The fourth-order valence-corrected chi connectivity index (χ4v) is 3.31. The molecule has 0 aromatic heterocycles. The van der Waals surface area contributed by atoms with Crippen molar-refractivity contribution in [2.24, 2.45) is 0 Å². The van der Waals surface area contributed by atoms with E-state index in [0.717, 1.165) is 12.8 Å². The van der Waals surface area contributed by atoms with E-state index < -0.39 is 9.84 Å². The van der Waals surface area contributed by atoms with Crippen LogP contribution in [0.1, 0.15) is 26.7 Å². The lowest BCUT2D eigenvalue weighted by Gasteiger charge is -2.28. The normalized spacial score (nSPS) is 34.8. The molecule has 1 heterocycles. The Kier molecular flexibility index (Phi) is 3.12.